The van der Waals surface area contributed by atoms with Crippen molar-refractivity contribution in [1.29, 1.82) is 0 Å². The predicted octanol–water partition coefficient (Wildman–Crippen LogP) is 2.96. The van der Waals surface area contributed by atoms with Crippen LogP contribution in [0.1, 0.15) is 58.8 Å². The van der Waals surface area contributed by atoms with Gasteiger partial charge in [0, 0.05) is 25.0 Å². The molecule has 2 rings (SSSR count). The first kappa shape index (κ1) is 16.8. The highest BCUT2D eigenvalue weighted by Gasteiger charge is 2.37. The van der Waals surface area contributed by atoms with E-state index < -0.39 is 0 Å². The molecule has 0 bridgehead atoms. The van der Waals surface area contributed by atoms with Gasteiger partial charge in [-0.25, -0.2) is 0 Å². The minimum absolute atomic E-state index is 0. The van der Waals surface area contributed by atoms with E-state index >= 15 is 0 Å². The first-order valence-corrected chi connectivity index (χ1v) is 7.55. The molecule has 1 atom stereocenters. The molecule has 2 N–H and O–H groups in total. The quantitative estimate of drug-likeness (QED) is 0.754. The first-order chi connectivity index (χ1) is 8.50. The lowest BCUT2D eigenvalue weighted by Gasteiger charge is -2.43. The molecular formula is C15H29ClN2O. The molecule has 0 aromatic rings. The number of nitrogens with zero attached hydrogens (tertiary/aromatic N) is 1. The van der Waals surface area contributed by atoms with Gasteiger partial charge in [-0.3, -0.25) is 4.79 Å². The summed E-state index contributed by atoms with van der Waals surface area (Å²) in [6, 6.07) is 0.232. The highest BCUT2D eigenvalue weighted by molar-refractivity contribution is 5.85. The van der Waals surface area contributed by atoms with Crippen LogP contribution in [0.2, 0.25) is 0 Å². The van der Waals surface area contributed by atoms with Crippen LogP contribution in [0.3, 0.4) is 0 Å². The summed E-state index contributed by atoms with van der Waals surface area (Å²) in [5.74, 6) is 0.689. The molecule has 1 saturated heterocycles. The molecule has 2 aliphatic rings. The molecular weight excluding hydrogens is 260 g/mol. The second-order valence-corrected chi connectivity index (χ2v) is 6.83. The number of hydrogen-bond acceptors (Lipinski definition) is 2. The fourth-order valence-corrected chi connectivity index (χ4v) is 3.35. The van der Waals surface area contributed by atoms with Crippen molar-refractivity contribution in [3.05, 3.63) is 0 Å². The third kappa shape index (κ3) is 4.09. The third-order valence-corrected chi connectivity index (χ3v) is 4.83. The summed E-state index contributed by atoms with van der Waals surface area (Å²) in [5, 5.41) is 0. The van der Waals surface area contributed by atoms with E-state index in [2.05, 4.69) is 18.7 Å². The average molecular weight is 289 g/mol. The highest BCUT2D eigenvalue weighted by Crippen LogP contribution is 2.31. The molecule has 0 spiro atoms. The maximum atomic E-state index is 12.6. The molecule has 112 valence electrons. The predicted molar refractivity (Wildman–Crippen MR) is 81.4 cm³/mol. The van der Waals surface area contributed by atoms with E-state index in [0.29, 0.717) is 5.91 Å². The molecule has 0 aromatic carbocycles. The Bertz CT molecular complexity index is 299. The fraction of sp³-hybridized carbons (Fsp3) is 0.933. The second kappa shape index (κ2) is 6.94. The van der Waals surface area contributed by atoms with Crippen LogP contribution in [0.15, 0.2) is 0 Å². The van der Waals surface area contributed by atoms with E-state index in [4.69, 9.17) is 5.73 Å². The summed E-state index contributed by atoms with van der Waals surface area (Å²) in [5.41, 5.74) is 6.21. The topological polar surface area (TPSA) is 46.3 Å². The molecule has 0 aromatic heterocycles. The van der Waals surface area contributed by atoms with E-state index in [9.17, 15) is 4.79 Å². The third-order valence-electron chi connectivity index (χ3n) is 4.83. The summed E-state index contributed by atoms with van der Waals surface area (Å²) in [7, 11) is 0. The van der Waals surface area contributed by atoms with Crippen LogP contribution in [0.25, 0.3) is 0 Å². The Morgan fingerprint density at radius 1 is 1.11 bits per heavy atom. The molecule has 3 nitrogen and oxygen atoms in total. The zero-order valence-electron chi connectivity index (χ0n) is 12.4. The van der Waals surface area contributed by atoms with Gasteiger partial charge in [0.25, 0.3) is 0 Å². The maximum Gasteiger partial charge on any atom is 0.225 e. The Hall–Kier alpha value is -0.280. The zero-order valence-corrected chi connectivity index (χ0v) is 13.2. The molecule has 1 amide bonds. The van der Waals surface area contributed by atoms with Crippen molar-refractivity contribution in [2.24, 2.45) is 17.1 Å². The molecule has 1 saturated carbocycles. The lowest BCUT2D eigenvalue weighted by atomic mass is 9.79. The number of carbonyl (C=O) groups is 1. The van der Waals surface area contributed by atoms with Crippen molar-refractivity contribution < 1.29 is 4.79 Å². The average Bonchev–Trinajstić information content (AvgIpc) is 2.60. The number of nitrogens with two attached hydrogens (primary N) is 1. The van der Waals surface area contributed by atoms with Crippen LogP contribution in [-0.2, 0) is 4.79 Å². The minimum Gasteiger partial charge on any atom is -0.342 e. The Morgan fingerprint density at radius 2 is 1.68 bits per heavy atom. The lowest BCUT2D eigenvalue weighted by molar-refractivity contribution is -0.139. The van der Waals surface area contributed by atoms with E-state index in [0.717, 1.165) is 32.4 Å². The van der Waals surface area contributed by atoms with Crippen LogP contribution in [0, 0.1) is 11.3 Å². The molecule has 2 fully saturated rings. The first-order valence-electron chi connectivity index (χ1n) is 7.55. The van der Waals surface area contributed by atoms with E-state index in [-0.39, 0.29) is 29.8 Å². The fourth-order valence-electron chi connectivity index (χ4n) is 3.35. The standard InChI is InChI=1S/C15H28N2O.ClH/c1-15(2)11-17(10-9-13(15)16)14(18)12-7-5-3-4-6-8-12;/h12-13H,3-11,16H2,1-2H3;1H. The smallest absolute Gasteiger partial charge is 0.225 e. The SMILES string of the molecule is CC1(C)CN(C(=O)C2CCCCCC2)CCC1N.Cl. The molecule has 1 aliphatic carbocycles. The lowest BCUT2D eigenvalue weighted by Crippen LogP contribution is -2.55. The van der Waals surface area contributed by atoms with Gasteiger partial charge in [-0.1, -0.05) is 39.5 Å². The number of amides is 1. The monoisotopic (exact) mass is 288 g/mol. The highest BCUT2D eigenvalue weighted by atomic mass is 35.5. The normalized spacial score (nSPS) is 28.4. The molecule has 4 heteroatoms. The van der Waals surface area contributed by atoms with Gasteiger partial charge in [-0.2, -0.15) is 0 Å². The Balaban J connectivity index is 0.00000180. The summed E-state index contributed by atoms with van der Waals surface area (Å²) in [4.78, 5) is 14.7. The van der Waals surface area contributed by atoms with Crippen LogP contribution in [0.5, 0.6) is 0 Å². The number of halogens is 1. The second-order valence-electron chi connectivity index (χ2n) is 6.83. The van der Waals surface area contributed by atoms with Gasteiger partial charge in [-0.15, -0.1) is 12.4 Å². The molecule has 0 radical (unpaired) electrons. The largest absolute Gasteiger partial charge is 0.342 e. The van der Waals surface area contributed by atoms with Crippen molar-refractivity contribution >= 4 is 18.3 Å². The van der Waals surface area contributed by atoms with Crippen molar-refractivity contribution in [3.8, 4) is 0 Å². The minimum atomic E-state index is 0. The van der Waals surface area contributed by atoms with Gasteiger partial charge in [0.15, 0.2) is 0 Å². The summed E-state index contributed by atoms with van der Waals surface area (Å²) in [6.07, 6.45) is 8.22. The van der Waals surface area contributed by atoms with Crippen LogP contribution in [-0.4, -0.2) is 29.9 Å². The zero-order chi connectivity index (χ0) is 13.2. The van der Waals surface area contributed by atoms with Crippen molar-refractivity contribution in [3.63, 3.8) is 0 Å². The van der Waals surface area contributed by atoms with Gasteiger partial charge in [0.05, 0.1) is 0 Å². The summed E-state index contributed by atoms with van der Waals surface area (Å²) >= 11 is 0. The van der Waals surface area contributed by atoms with E-state index in [1.54, 1.807) is 0 Å². The Morgan fingerprint density at radius 3 is 2.21 bits per heavy atom. The van der Waals surface area contributed by atoms with Gasteiger partial charge < -0.3 is 10.6 Å². The van der Waals surface area contributed by atoms with Crippen LogP contribution < -0.4 is 5.73 Å². The van der Waals surface area contributed by atoms with E-state index in [1.165, 1.54) is 25.7 Å². The number of carbonyl (C=O) groups excluding carboxylic acids is 1. The summed E-state index contributed by atoms with van der Waals surface area (Å²) in [6.45, 7) is 6.07. The van der Waals surface area contributed by atoms with Gasteiger partial charge in [-0.05, 0) is 24.7 Å². The Kier molecular flexibility index (Phi) is 6.13. The maximum absolute atomic E-state index is 12.6. The van der Waals surface area contributed by atoms with Crippen LogP contribution in [0.4, 0.5) is 0 Å². The summed E-state index contributed by atoms with van der Waals surface area (Å²) < 4.78 is 0. The number of piperidine rings is 1. The molecule has 1 unspecified atom stereocenters. The van der Waals surface area contributed by atoms with Gasteiger partial charge in [0.1, 0.15) is 0 Å². The number of rotatable bonds is 1. The molecule has 1 heterocycles. The van der Waals surface area contributed by atoms with Crippen molar-refractivity contribution in [2.75, 3.05) is 13.1 Å². The molecule has 1 aliphatic heterocycles. The van der Waals surface area contributed by atoms with Crippen molar-refractivity contribution in [2.45, 2.75) is 64.8 Å². The Labute approximate surface area is 123 Å². The van der Waals surface area contributed by atoms with Crippen molar-refractivity contribution in [1.82, 2.24) is 4.90 Å². The number of likely N-dealkylation sites (tertiary alicyclic amines) is 1. The van der Waals surface area contributed by atoms with E-state index in [1.807, 2.05) is 0 Å². The molecule has 19 heavy (non-hydrogen) atoms. The number of hydrogen-bond donors (Lipinski definition) is 1. The van der Waals surface area contributed by atoms with Gasteiger partial charge in [0.2, 0.25) is 5.91 Å². The van der Waals surface area contributed by atoms with Crippen LogP contribution >= 0.6 is 12.4 Å². The van der Waals surface area contributed by atoms with Gasteiger partial charge >= 0.3 is 0 Å².